The molecule has 30 heavy (non-hydrogen) atoms. The van der Waals surface area contributed by atoms with Crippen LogP contribution in [-0.4, -0.2) is 33.7 Å². The largest absolute Gasteiger partial charge is 0.356 e. The molecule has 164 valence electrons. The molecule has 2 aromatic rings. The Labute approximate surface area is 179 Å². The lowest BCUT2D eigenvalue weighted by molar-refractivity contribution is -0.121. The molecule has 1 amide bonds. The number of anilines is 1. The molecule has 1 N–H and O–H groups in total. The summed E-state index contributed by atoms with van der Waals surface area (Å²) in [6.07, 6.45) is 2.47. The van der Waals surface area contributed by atoms with E-state index in [0.29, 0.717) is 25.1 Å². The summed E-state index contributed by atoms with van der Waals surface area (Å²) in [5.74, 6) is -0.231. The number of hydrogen-bond donors (Lipinski definition) is 1. The summed E-state index contributed by atoms with van der Waals surface area (Å²) < 4.78 is 39.3. The maximum absolute atomic E-state index is 12.9. The molecule has 0 heterocycles. The maximum Gasteiger partial charge on any atom is 0.232 e. The normalized spacial score (nSPS) is 11.5. The molecule has 7 heteroatoms. The molecule has 0 aliphatic carbocycles. The van der Waals surface area contributed by atoms with Gasteiger partial charge in [0.05, 0.1) is 11.9 Å². The number of halogens is 1. The number of sulfonamides is 1. The average Bonchev–Trinajstić information content (AvgIpc) is 2.66. The third-order valence-electron chi connectivity index (χ3n) is 4.95. The first-order valence-corrected chi connectivity index (χ1v) is 12.0. The summed E-state index contributed by atoms with van der Waals surface area (Å²) in [5.41, 5.74) is 3.53. The summed E-state index contributed by atoms with van der Waals surface area (Å²) in [6, 6.07) is 12.0. The van der Waals surface area contributed by atoms with Gasteiger partial charge in [0.25, 0.3) is 0 Å². The van der Waals surface area contributed by atoms with Crippen LogP contribution >= 0.6 is 0 Å². The predicted molar refractivity (Wildman–Crippen MR) is 120 cm³/mol. The Bertz CT molecular complexity index is 957. The van der Waals surface area contributed by atoms with Crippen LogP contribution in [0, 0.1) is 12.7 Å². The molecule has 2 aromatic carbocycles. The number of rotatable bonds is 10. The SMILES string of the molecule is Cc1cccc(C(C)C)c1N(CCCC(=O)NCCc1ccc(F)cc1)S(C)(=O)=O. The van der Waals surface area contributed by atoms with Crippen molar-refractivity contribution in [3.8, 4) is 0 Å². The van der Waals surface area contributed by atoms with Crippen LogP contribution in [0.5, 0.6) is 0 Å². The van der Waals surface area contributed by atoms with Gasteiger partial charge in [-0.05, 0) is 54.5 Å². The molecular weight excluding hydrogens is 403 g/mol. The summed E-state index contributed by atoms with van der Waals surface area (Å²) >= 11 is 0. The molecule has 0 saturated carbocycles. The zero-order valence-corrected chi connectivity index (χ0v) is 18.9. The zero-order chi connectivity index (χ0) is 22.3. The van der Waals surface area contributed by atoms with E-state index in [0.717, 1.165) is 16.7 Å². The number of carbonyl (C=O) groups excluding carboxylic acids is 1. The van der Waals surface area contributed by atoms with E-state index >= 15 is 0 Å². The minimum absolute atomic E-state index is 0.126. The number of hydrogen-bond acceptors (Lipinski definition) is 3. The van der Waals surface area contributed by atoms with Crippen molar-refractivity contribution in [2.75, 3.05) is 23.7 Å². The van der Waals surface area contributed by atoms with Gasteiger partial charge in [-0.3, -0.25) is 9.10 Å². The quantitative estimate of drug-likeness (QED) is 0.611. The lowest BCUT2D eigenvalue weighted by Gasteiger charge is -2.28. The predicted octanol–water partition coefficient (Wildman–Crippen LogP) is 4.16. The van der Waals surface area contributed by atoms with Gasteiger partial charge in [-0.2, -0.15) is 0 Å². The van der Waals surface area contributed by atoms with Gasteiger partial charge in [0.15, 0.2) is 0 Å². The first-order chi connectivity index (χ1) is 14.1. The minimum atomic E-state index is -3.48. The van der Waals surface area contributed by atoms with E-state index in [9.17, 15) is 17.6 Å². The maximum atomic E-state index is 12.9. The molecule has 0 fully saturated rings. The van der Waals surface area contributed by atoms with Crippen molar-refractivity contribution in [3.63, 3.8) is 0 Å². The summed E-state index contributed by atoms with van der Waals surface area (Å²) in [4.78, 5) is 12.2. The molecular formula is C23H31FN2O3S. The lowest BCUT2D eigenvalue weighted by Crippen LogP contribution is -2.33. The van der Waals surface area contributed by atoms with E-state index in [1.54, 1.807) is 12.1 Å². The fourth-order valence-electron chi connectivity index (χ4n) is 3.40. The van der Waals surface area contributed by atoms with Gasteiger partial charge in [0.1, 0.15) is 5.82 Å². The summed E-state index contributed by atoms with van der Waals surface area (Å²) in [7, 11) is -3.48. The second-order valence-electron chi connectivity index (χ2n) is 7.83. The number of nitrogens with one attached hydrogen (secondary N) is 1. The topological polar surface area (TPSA) is 66.5 Å². The Morgan fingerprint density at radius 2 is 1.80 bits per heavy atom. The third-order valence-corrected chi connectivity index (χ3v) is 6.12. The van der Waals surface area contributed by atoms with Gasteiger partial charge in [-0.25, -0.2) is 12.8 Å². The Morgan fingerprint density at radius 1 is 1.13 bits per heavy atom. The van der Waals surface area contributed by atoms with Crippen molar-refractivity contribution in [2.24, 2.45) is 0 Å². The van der Waals surface area contributed by atoms with Crippen molar-refractivity contribution in [2.45, 2.75) is 46.0 Å². The van der Waals surface area contributed by atoms with Gasteiger partial charge in [0.2, 0.25) is 15.9 Å². The highest BCUT2D eigenvalue weighted by Gasteiger charge is 2.23. The second-order valence-corrected chi connectivity index (χ2v) is 9.74. The highest BCUT2D eigenvalue weighted by molar-refractivity contribution is 7.92. The highest BCUT2D eigenvalue weighted by Crippen LogP contribution is 2.32. The lowest BCUT2D eigenvalue weighted by atomic mass is 9.98. The summed E-state index contributed by atoms with van der Waals surface area (Å²) in [5, 5.41) is 2.84. The Hall–Kier alpha value is -2.41. The highest BCUT2D eigenvalue weighted by atomic mass is 32.2. The minimum Gasteiger partial charge on any atom is -0.356 e. The third kappa shape index (κ3) is 6.83. The van der Waals surface area contributed by atoms with Crippen LogP contribution in [0.3, 0.4) is 0 Å². The van der Waals surface area contributed by atoms with Crippen molar-refractivity contribution in [1.82, 2.24) is 5.32 Å². The average molecular weight is 435 g/mol. The first kappa shape index (κ1) is 23.9. The molecule has 0 spiro atoms. The second kappa shape index (κ2) is 10.6. The van der Waals surface area contributed by atoms with E-state index < -0.39 is 10.0 Å². The van der Waals surface area contributed by atoms with Crippen molar-refractivity contribution >= 4 is 21.6 Å². The molecule has 0 bridgehead atoms. The fourth-order valence-corrected chi connectivity index (χ4v) is 4.44. The first-order valence-electron chi connectivity index (χ1n) is 10.2. The smallest absolute Gasteiger partial charge is 0.232 e. The van der Waals surface area contributed by atoms with E-state index in [-0.39, 0.29) is 30.6 Å². The van der Waals surface area contributed by atoms with Crippen LogP contribution in [0.4, 0.5) is 10.1 Å². The molecule has 0 aliphatic heterocycles. The Kier molecular flexibility index (Phi) is 8.41. The molecule has 0 unspecified atom stereocenters. The molecule has 0 radical (unpaired) electrons. The van der Waals surface area contributed by atoms with Crippen molar-refractivity contribution in [3.05, 3.63) is 65.0 Å². The van der Waals surface area contributed by atoms with Crippen LogP contribution < -0.4 is 9.62 Å². The van der Waals surface area contributed by atoms with Crippen LogP contribution in [0.15, 0.2) is 42.5 Å². The Morgan fingerprint density at radius 3 is 2.40 bits per heavy atom. The molecule has 2 rings (SSSR count). The number of benzene rings is 2. The van der Waals surface area contributed by atoms with E-state index in [1.807, 2.05) is 39.0 Å². The van der Waals surface area contributed by atoms with Gasteiger partial charge in [0, 0.05) is 19.5 Å². The number of nitrogens with zero attached hydrogens (tertiary/aromatic N) is 1. The van der Waals surface area contributed by atoms with Gasteiger partial charge in [-0.15, -0.1) is 0 Å². The fraction of sp³-hybridized carbons (Fsp3) is 0.435. The number of aryl methyl sites for hydroxylation is 1. The van der Waals surface area contributed by atoms with Crippen LogP contribution in [-0.2, 0) is 21.2 Å². The van der Waals surface area contributed by atoms with Crippen LogP contribution in [0.25, 0.3) is 0 Å². The van der Waals surface area contributed by atoms with Crippen molar-refractivity contribution in [1.29, 1.82) is 0 Å². The van der Waals surface area contributed by atoms with Gasteiger partial charge < -0.3 is 5.32 Å². The number of carbonyl (C=O) groups is 1. The Balaban J connectivity index is 1.95. The molecule has 5 nitrogen and oxygen atoms in total. The number of amides is 1. The molecule has 0 aliphatic rings. The molecule has 0 atom stereocenters. The van der Waals surface area contributed by atoms with Gasteiger partial charge >= 0.3 is 0 Å². The zero-order valence-electron chi connectivity index (χ0n) is 18.1. The van der Waals surface area contributed by atoms with E-state index in [4.69, 9.17) is 0 Å². The monoisotopic (exact) mass is 434 g/mol. The molecule has 0 saturated heterocycles. The molecule has 0 aromatic heterocycles. The van der Waals surface area contributed by atoms with E-state index in [2.05, 4.69) is 5.32 Å². The van der Waals surface area contributed by atoms with Gasteiger partial charge in [-0.1, -0.05) is 44.2 Å². The summed E-state index contributed by atoms with van der Waals surface area (Å²) in [6.45, 7) is 6.67. The number of para-hydroxylation sites is 1. The van der Waals surface area contributed by atoms with E-state index in [1.165, 1.54) is 22.7 Å². The van der Waals surface area contributed by atoms with Crippen LogP contribution in [0.2, 0.25) is 0 Å². The van der Waals surface area contributed by atoms with Crippen LogP contribution in [0.1, 0.15) is 49.3 Å². The standard InChI is InChI=1S/C23H31FN2O3S/c1-17(2)21-8-5-7-18(3)23(21)26(30(4,28)29)16-6-9-22(27)25-15-14-19-10-12-20(24)13-11-19/h5,7-8,10-13,17H,6,9,14-16H2,1-4H3,(H,25,27). The van der Waals surface area contributed by atoms with Crippen molar-refractivity contribution < 1.29 is 17.6 Å².